The fourth-order valence-electron chi connectivity index (χ4n) is 2.63. The molecule has 1 aromatic heterocycles. The molecule has 2 heterocycles. The van der Waals surface area contributed by atoms with Gasteiger partial charge in [-0.3, -0.25) is 14.2 Å². The molecule has 122 valence electrons. The fourth-order valence-corrected chi connectivity index (χ4v) is 2.99. The lowest BCUT2D eigenvalue weighted by molar-refractivity contribution is -0.122. The van der Waals surface area contributed by atoms with Crippen molar-refractivity contribution in [2.75, 3.05) is 19.6 Å². The van der Waals surface area contributed by atoms with E-state index < -0.39 is 6.10 Å². The van der Waals surface area contributed by atoms with Crippen molar-refractivity contribution >= 4 is 32.7 Å². The Morgan fingerprint density at radius 3 is 3.04 bits per heavy atom. The van der Waals surface area contributed by atoms with Crippen molar-refractivity contribution < 1.29 is 9.90 Å². The van der Waals surface area contributed by atoms with Gasteiger partial charge in [0.15, 0.2) is 0 Å². The Balaban J connectivity index is 1.70. The van der Waals surface area contributed by atoms with Crippen molar-refractivity contribution in [3.63, 3.8) is 0 Å². The van der Waals surface area contributed by atoms with Gasteiger partial charge in [0.2, 0.25) is 5.91 Å². The van der Waals surface area contributed by atoms with E-state index in [1.165, 1.54) is 10.9 Å². The zero-order chi connectivity index (χ0) is 16.4. The number of hydrogen-bond acceptors (Lipinski definition) is 5. The number of aliphatic hydroxyl groups excluding tert-OH is 1. The van der Waals surface area contributed by atoms with E-state index in [-0.39, 0.29) is 23.9 Å². The summed E-state index contributed by atoms with van der Waals surface area (Å²) in [5.74, 6) is -0.274. The molecule has 7 nitrogen and oxygen atoms in total. The molecular weight excluding hydrogens is 364 g/mol. The highest BCUT2D eigenvalue weighted by Gasteiger charge is 2.25. The van der Waals surface area contributed by atoms with Crippen LogP contribution in [0.3, 0.4) is 0 Å². The van der Waals surface area contributed by atoms with Gasteiger partial charge in [0.05, 0.1) is 23.3 Å². The first kappa shape index (κ1) is 16.1. The topological polar surface area (TPSA) is 96.2 Å². The number of β-amino-alcohol motifs (C(OH)–C–C–N with tert-alkyl or cyclic N) is 1. The average Bonchev–Trinajstić information content (AvgIpc) is 2.94. The van der Waals surface area contributed by atoms with Crippen LogP contribution >= 0.6 is 15.9 Å². The van der Waals surface area contributed by atoms with Gasteiger partial charge >= 0.3 is 0 Å². The van der Waals surface area contributed by atoms with Crippen LogP contribution in [0.1, 0.15) is 0 Å². The molecule has 2 unspecified atom stereocenters. The standard InChI is InChI=1S/C15H17BrN4O3/c16-10-1-2-12-11(3-10)15(23)20(8-19-12)7-14(22)18-5-9-4-17-6-13(9)21/h1-3,8-9,13,17,21H,4-7H2,(H,18,22). The molecule has 0 spiro atoms. The summed E-state index contributed by atoms with van der Waals surface area (Å²) in [5, 5.41) is 16.0. The van der Waals surface area contributed by atoms with Gasteiger partial charge in [-0.2, -0.15) is 0 Å². The Bertz CT molecular complexity index is 792. The van der Waals surface area contributed by atoms with Crippen LogP contribution in [0.25, 0.3) is 10.9 Å². The van der Waals surface area contributed by atoms with E-state index in [1.807, 2.05) is 6.07 Å². The van der Waals surface area contributed by atoms with Crippen molar-refractivity contribution in [2.45, 2.75) is 12.6 Å². The van der Waals surface area contributed by atoms with Gasteiger partial charge in [0.1, 0.15) is 6.54 Å². The summed E-state index contributed by atoms with van der Waals surface area (Å²) >= 11 is 3.33. The molecule has 0 saturated carbocycles. The van der Waals surface area contributed by atoms with Crippen LogP contribution in [0.5, 0.6) is 0 Å². The highest BCUT2D eigenvalue weighted by Crippen LogP contribution is 2.14. The second-order valence-electron chi connectivity index (χ2n) is 5.63. The number of halogens is 1. The quantitative estimate of drug-likeness (QED) is 0.685. The summed E-state index contributed by atoms with van der Waals surface area (Å²) in [4.78, 5) is 28.6. The van der Waals surface area contributed by atoms with Crippen molar-refractivity contribution in [1.82, 2.24) is 20.2 Å². The predicted molar refractivity (Wildman–Crippen MR) is 89.1 cm³/mol. The van der Waals surface area contributed by atoms with Gasteiger partial charge in [-0.1, -0.05) is 15.9 Å². The van der Waals surface area contributed by atoms with Crippen molar-refractivity contribution in [3.05, 3.63) is 39.4 Å². The Hall–Kier alpha value is -1.77. The second kappa shape index (κ2) is 6.77. The lowest BCUT2D eigenvalue weighted by atomic mass is 10.1. The monoisotopic (exact) mass is 380 g/mol. The van der Waals surface area contributed by atoms with E-state index >= 15 is 0 Å². The van der Waals surface area contributed by atoms with Crippen LogP contribution in [-0.2, 0) is 11.3 Å². The molecular formula is C15H17BrN4O3. The van der Waals surface area contributed by atoms with E-state index in [2.05, 4.69) is 31.5 Å². The molecule has 2 aromatic rings. The van der Waals surface area contributed by atoms with Gasteiger partial charge in [0, 0.05) is 30.0 Å². The van der Waals surface area contributed by atoms with Crippen molar-refractivity contribution in [1.29, 1.82) is 0 Å². The van der Waals surface area contributed by atoms with Crippen molar-refractivity contribution in [2.24, 2.45) is 5.92 Å². The minimum Gasteiger partial charge on any atom is -0.391 e. The van der Waals surface area contributed by atoms with Gasteiger partial charge in [-0.15, -0.1) is 0 Å². The molecule has 3 N–H and O–H groups in total. The van der Waals surface area contributed by atoms with Crippen LogP contribution in [0, 0.1) is 5.92 Å². The maximum Gasteiger partial charge on any atom is 0.261 e. The number of amides is 1. The Labute approximate surface area is 140 Å². The third kappa shape index (κ3) is 3.60. The van der Waals surface area contributed by atoms with Gasteiger partial charge in [-0.25, -0.2) is 4.98 Å². The third-order valence-corrected chi connectivity index (χ3v) is 4.46. The number of hydrogen-bond donors (Lipinski definition) is 3. The summed E-state index contributed by atoms with van der Waals surface area (Å²) in [5.41, 5.74) is 0.337. The number of carbonyl (C=O) groups excluding carboxylic acids is 1. The molecule has 1 aromatic carbocycles. The summed E-state index contributed by atoms with van der Waals surface area (Å²) in [7, 11) is 0. The SMILES string of the molecule is O=C(Cn1cnc2ccc(Br)cc2c1=O)NCC1CNCC1O. The molecule has 3 rings (SSSR count). The normalized spacial score (nSPS) is 20.8. The fraction of sp³-hybridized carbons (Fsp3) is 0.400. The number of aromatic nitrogens is 2. The minimum absolute atomic E-state index is 0.00126. The molecule has 2 atom stereocenters. The minimum atomic E-state index is -0.447. The highest BCUT2D eigenvalue weighted by molar-refractivity contribution is 9.10. The molecule has 0 bridgehead atoms. The maximum atomic E-state index is 12.4. The highest BCUT2D eigenvalue weighted by atomic mass is 79.9. The number of nitrogens with one attached hydrogen (secondary N) is 2. The zero-order valence-corrected chi connectivity index (χ0v) is 13.9. The van der Waals surface area contributed by atoms with E-state index in [9.17, 15) is 14.7 Å². The predicted octanol–water partition coefficient (Wildman–Crippen LogP) is -0.145. The molecule has 1 aliphatic rings. The lowest BCUT2D eigenvalue weighted by Crippen LogP contribution is -2.37. The zero-order valence-electron chi connectivity index (χ0n) is 12.3. The average molecular weight is 381 g/mol. The second-order valence-corrected chi connectivity index (χ2v) is 6.54. The number of fused-ring (bicyclic) bond motifs is 1. The molecule has 1 saturated heterocycles. The Morgan fingerprint density at radius 2 is 2.30 bits per heavy atom. The van der Waals surface area contributed by atoms with Crippen LogP contribution in [-0.4, -0.2) is 46.3 Å². The Morgan fingerprint density at radius 1 is 1.48 bits per heavy atom. The molecule has 1 aliphatic heterocycles. The molecule has 1 amide bonds. The molecule has 8 heteroatoms. The van der Waals surface area contributed by atoms with Gasteiger partial charge in [-0.05, 0) is 18.2 Å². The van der Waals surface area contributed by atoms with Crippen LogP contribution in [0.15, 0.2) is 33.8 Å². The molecule has 23 heavy (non-hydrogen) atoms. The number of aliphatic hydroxyl groups is 1. The summed E-state index contributed by atoms with van der Waals surface area (Å²) in [6.07, 6.45) is 0.933. The maximum absolute atomic E-state index is 12.4. The first-order valence-electron chi connectivity index (χ1n) is 7.35. The third-order valence-electron chi connectivity index (χ3n) is 3.97. The summed E-state index contributed by atoms with van der Waals surface area (Å²) in [6, 6.07) is 5.26. The van der Waals surface area contributed by atoms with E-state index in [1.54, 1.807) is 12.1 Å². The number of nitrogens with zero attached hydrogens (tertiary/aromatic N) is 2. The molecule has 0 radical (unpaired) electrons. The van der Waals surface area contributed by atoms with Crippen LogP contribution in [0.2, 0.25) is 0 Å². The molecule has 1 fully saturated rings. The first-order valence-corrected chi connectivity index (χ1v) is 8.14. The van der Waals surface area contributed by atoms with Crippen LogP contribution in [0.4, 0.5) is 0 Å². The van der Waals surface area contributed by atoms with E-state index in [0.29, 0.717) is 30.5 Å². The summed E-state index contributed by atoms with van der Waals surface area (Å²) < 4.78 is 2.07. The van der Waals surface area contributed by atoms with Crippen molar-refractivity contribution in [3.8, 4) is 0 Å². The first-order chi connectivity index (χ1) is 11.0. The number of carbonyl (C=O) groups is 1. The smallest absolute Gasteiger partial charge is 0.261 e. The number of benzene rings is 1. The summed E-state index contributed by atoms with van der Waals surface area (Å²) in [6.45, 7) is 1.51. The van der Waals surface area contributed by atoms with Crippen LogP contribution < -0.4 is 16.2 Å². The molecule has 0 aliphatic carbocycles. The van der Waals surface area contributed by atoms with E-state index in [0.717, 1.165) is 4.47 Å². The number of rotatable bonds is 4. The van der Waals surface area contributed by atoms with E-state index in [4.69, 9.17) is 0 Å². The van der Waals surface area contributed by atoms with Gasteiger partial charge in [0.25, 0.3) is 5.56 Å². The van der Waals surface area contributed by atoms with Gasteiger partial charge < -0.3 is 15.7 Å². The lowest BCUT2D eigenvalue weighted by Gasteiger charge is -2.14. The largest absolute Gasteiger partial charge is 0.391 e. The Kier molecular flexibility index (Phi) is 4.74.